The van der Waals surface area contributed by atoms with Crippen LogP contribution in [0.25, 0.3) is 0 Å². The van der Waals surface area contributed by atoms with Crippen LogP contribution in [0.3, 0.4) is 0 Å². The van der Waals surface area contributed by atoms with Gasteiger partial charge in [-0.25, -0.2) is 0 Å². The Hall–Kier alpha value is -1.52. The third-order valence-electron chi connectivity index (χ3n) is 9.36. The minimum absolute atomic E-state index is 0.00958. The largest absolute Gasteiger partial charge is 0.633 e. The molecule has 0 bridgehead atoms. The van der Waals surface area contributed by atoms with Crippen LogP contribution < -0.4 is 5.32 Å². The van der Waals surface area contributed by atoms with Crippen LogP contribution in [0.2, 0.25) is 0 Å². The molecule has 0 aliphatic rings. The van der Waals surface area contributed by atoms with Crippen LogP contribution >= 0.6 is 0 Å². The fourth-order valence-corrected chi connectivity index (χ4v) is 6.74. The highest BCUT2D eigenvalue weighted by Crippen LogP contribution is 2.18. The number of hydroxylamine groups is 3. The quantitative estimate of drug-likeness (QED) is 0.0293. The number of ether oxygens (including phenoxy) is 2. The van der Waals surface area contributed by atoms with Crippen molar-refractivity contribution in [2.75, 3.05) is 44.8 Å². The zero-order valence-electron chi connectivity index (χ0n) is 32.9. The first kappa shape index (κ1) is 48.5. The van der Waals surface area contributed by atoms with E-state index in [0.717, 1.165) is 109 Å². The zero-order chi connectivity index (χ0) is 37.1. The monoisotopic (exact) mass is 731 g/mol. The van der Waals surface area contributed by atoms with Gasteiger partial charge in [0.05, 0.1) is 26.2 Å². The van der Waals surface area contributed by atoms with E-state index in [2.05, 4.69) is 26.1 Å². The van der Waals surface area contributed by atoms with Gasteiger partial charge in [-0.05, 0) is 64.2 Å². The summed E-state index contributed by atoms with van der Waals surface area (Å²) in [5.74, 6) is -0.416. The summed E-state index contributed by atoms with van der Waals surface area (Å²) in [4.78, 5) is 36.3. The van der Waals surface area contributed by atoms with Crippen molar-refractivity contribution >= 4 is 28.6 Å². The summed E-state index contributed by atoms with van der Waals surface area (Å²) in [6.45, 7) is 9.07. The number of esters is 2. The van der Waals surface area contributed by atoms with Gasteiger partial charge in [-0.15, -0.1) is 0 Å². The van der Waals surface area contributed by atoms with Gasteiger partial charge in [0.25, 0.3) is 0 Å². The van der Waals surface area contributed by atoms with Gasteiger partial charge in [-0.3, -0.25) is 18.6 Å². The van der Waals surface area contributed by atoms with Crippen molar-refractivity contribution in [1.82, 2.24) is 5.32 Å². The van der Waals surface area contributed by atoms with Crippen molar-refractivity contribution in [2.45, 2.75) is 194 Å². The Labute approximate surface area is 309 Å². The third kappa shape index (κ3) is 32.4. The second-order valence-corrected chi connectivity index (χ2v) is 15.9. The Kier molecular flexibility index (Phi) is 33.5. The van der Waals surface area contributed by atoms with Gasteiger partial charge in [0.15, 0.2) is 0 Å². The highest BCUT2D eigenvalue weighted by molar-refractivity contribution is 7.85. The lowest BCUT2D eigenvalue weighted by Gasteiger charge is -2.43. The highest BCUT2D eigenvalue weighted by atomic mass is 32.2. The predicted molar refractivity (Wildman–Crippen MR) is 208 cm³/mol. The number of amides is 1. The second kappa shape index (κ2) is 34.6. The molecule has 0 radical (unpaired) electrons. The first-order valence-electron chi connectivity index (χ1n) is 20.6. The molecule has 9 nitrogen and oxygen atoms in total. The summed E-state index contributed by atoms with van der Waals surface area (Å²) in [5, 5.41) is 16.6. The van der Waals surface area contributed by atoms with Crippen LogP contribution in [0.1, 0.15) is 188 Å². The number of nitrogens with zero attached hydrogens (tertiary/aromatic N) is 1. The van der Waals surface area contributed by atoms with Crippen molar-refractivity contribution < 1.29 is 32.7 Å². The minimum atomic E-state index is -1.18. The van der Waals surface area contributed by atoms with Crippen molar-refractivity contribution in [3.8, 4) is 0 Å². The number of hydrogen-bond acceptors (Lipinski definition) is 7. The number of quaternary nitrogens is 1. The van der Waals surface area contributed by atoms with Gasteiger partial charge in [0, 0.05) is 42.9 Å². The fraction of sp³-hybridized carbons (Fsp3) is 0.925. The van der Waals surface area contributed by atoms with Crippen molar-refractivity contribution in [2.24, 2.45) is 0 Å². The Bertz CT molecular complexity index is 860. The van der Waals surface area contributed by atoms with E-state index in [4.69, 9.17) is 9.47 Å². The summed E-state index contributed by atoms with van der Waals surface area (Å²) in [5.41, 5.74) is 0. The molecule has 0 aliphatic carbocycles. The average molecular weight is 731 g/mol. The van der Waals surface area contributed by atoms with E-state index < -0.39 is 10.8 Å². The first-order chi connectivity index (χ1) is 24.2. The number of carbonyl (C=O) groups is 3. The molecule has 0 aromatic carbocycles. The van der Waals surface area contributed by atoms with E-state index in [9.17, 15) is 23.8 Å². The summed E-state index contributed by atoms with van der Waals surface area (Å²) in [7, 11) is -1.18. The Morgan fingerprint density at radius 2 is 1.10 bits per heavy atom. The zero-order valence-corrected chi connectivity index (χ0v) is 33.7. The number of carbonyl (C=O) groups excluding carboxylic acids is 3. The lowest BCUT2D eigenvalue weighted by Crippen LogP contribution is -2.45. The van der Waals surface area contributed by atoms with Crippen LogP contribution in [-0.4, -0.2) is 77.6 Å². The van der Waals surface area contributed by atoms with E-state index in [-0.39, 0.29) is 34.3 Å². The van der Waals surface area contributed by atoms with Crippen molar-refractivity contribution in [3.05, 3.63) is 5.21 Å². The molecule has 0 aromatic heterocycles. The number of rotatable bonds is 37. The predicted octanol–water partition coefficient (Wildman–Crippen LogP) is 9.45. The first-order valence-corrected chi connectivity index (χ1v) is 22.4. The molecule has 0 spiro atoms. The van der Waals surface area contributed by atoms with Crippen LogP contribution in [0.15, 0.2) is 0 Å². The lowest BCUT2D eigenvalue weighted by molar-refractivity contribution is -0.881. The summed E-state index contributed by atoms with van der Waals surface area (Å²) >= 11 is 0. The molecule has 0 heterocycles. The molecule has 296 valence electrons. The molecule has 3 unspecified atom stereocenters. The summed E-state index contributed by atoms with van der Waals surface area (Å²) in [6, 6.07) is 0. The second-order valence-electron chi connectivity index (χ2n) is 14.4. The lowest BCUT2D eigenvalue weighted by atomic mass is 10.1. The topological polar surface area (TPSA) is 122 Å². The van der Waals surface area contributed by atoms with Gasteiger partial charge in [-0.2, -0.15) is 0 Å². The molecule has 10 heteroatoms. The minimum Gasteiger partial charge on any atom is -0.633 e. The van der Waals surface area contributed by atoms with Gasteiger partial charge in [0.1, 0.15) is 11.9 Å². The van der Waals surface area contributed by atoms with Crippen LogP contribution in [-0.2, 0) is 34.7 Å². The molecule has 0 fully saturated rings. The SMILES string of the molecule is CCCCCCCCOC(=O)CCCCCCC[N+]([O-])(CCCCCCCC(=O)OC(CCCC)CCCCC)CCCNC(=O)CS(C)=O. The van der Waals surface area contributed by atoms with E-state index in [1.54, 1.807) is 0 Å². The van der Waals surface area contributed by atoms with Crippen LogP contribution in [0.5, 0.6) is 0 Å². The molecule has 50 heavy (non-hydrogen) atoms. The van der Waals surface area contributed by atoms with E-state index >= 15 is 0 Å². The van der Waals surface area contributed by atoms with Crippen molar-refractivity contribution in [3.63, 3.8) is 0 Å². The highest BCUT2D eigenvalue weighted by Gasteiger charge is 2.17. The molecular weight excluding hydrogens is 653 g/mol. The molecule has 3 atom stereocenters. The van der Waals surface area contributed by atoms with Gasteiger partial charge < -0.3 is 24.6 Å². The summed E-state index contributed by atoms with van der Waals surface area (Å²) < 4.78 is 22.2. The van der Waals surface area contributed by atoms with E-state index in [0.29, 0.717) is 52.0 Å². The molecule has 0 saturated heterocycles. The van der Waals surface area contributed by atoms with Crippen molar-refractivity contribution in [1.29, 1.82) is 0 Å². The maximum atomic E-state index is 13.8. The summed E-state index contributed by atoms with van der Waals surface area (Å²) in [6.07, 6.45) is 26.9. The molecule has 0 aliphatic heterocycles. The Morgan fingerprint density at radius 3 is 1.70 bits per heavy atom. The smallest absolute Gasteiger partial charge is 0.306 e. The number of unbranched alkanes of at least 4 members (excludes halogenated alkanes) is 16. The van der Waals surface area contributed by atoms with Crippen LogP contribution in [0, 0.1) is 5.21 Å². The van der Waals surface area contributed by atoms with E-state index in [1.807, 2.05) is 0 Å². The van der Waals surface area contributed by atoms with E-state index in [1.165, 1.54) is 44.8 Å². The standard InChI is InChI=1S/C40H78N2O7S/c1-5-8-11-12-19-25-35-48-39(44)29-21-15-13-17-23-32-42(46,34-26-31-41-38(43)36-50(4)47)33-24-18-14-16-22-30-40(45)49-37(27-10-7-3)28-20-9-6-2/h37H,5-36H2,1-4H3,(H,41,43). The molecule has 0 aromatic rings. The molecule has 0 rings (SSSR count). The maximum Gasteiger partial charge on any atom is 0.306 e. The molecule has 1 amide bonds. The van der Waals surface area contributed by atoms with Gasteiger partial charge >= 0.3 is 11.9 Å². The van der Waals surface area contributed by atoms with Crippen LogP contribution in [0.4, 0.5) is 0 Å². The van der Waals surface area contributed by atoms with Gasteiger partial charge in [0.2, 0.25) is 5.91 Å². The molecule has 0 saturated carbocycles. The number of nitrogens with one attached hydrogen (secondary N) is 1. The Balaban J connectivity index is 4.41. The third-order valence-corrected chi connectivity index (χ3v) is 10.0. The fourth-order valence-electron chi connectivity index (χ4n) is 6.27. The molecule has 1 N–H and O–H groups in total. The van der Waals surface area contributed by atoms with Gasteiger partial charge in [-0.1, -0.05) is 104 Å². The average Bonchev–Trinajstić information content (AvgIpc) is 3.07. The normalized spacial score (nSPS) is 13.8. The maximum absolute atomic E-state index is 13.8. The Morgan fingerprint density at radius 1 is 0.620 bits per heavy atom. The molecular formula is C40H78N2O7S. The number of hydrogen-bond donors (Lipinski definition) is 1.